The molecule has 158 valence electrons. The Morgan fingerprint density at radius 1 is 1.00 bits per heavy atom. The molecule has 0 bridgehead atoms. The van der Waals surface area contributed by atoms with Crippen molar-refractivity contribution in [3.63, 3.8) is 0 Å². The summed E-state index contributed by atoms with van der Waals surface area (Å²) in [6.07, 6.45) is 0. The van der Waals surface area contributed by atoms with Crippen LogP contribution in [0.25, 0.3) is 11.3 Å². The summed E-state index contributed by atoms with van der Waals surface area (Å²) in [5, 5.41) is 4.11. The zero-order chi connectivity index (χ0) is 21.3. The fourth-order valence-corrected chi connectivity index (χ4v) is 4.89. The van der Waals surface area contributed by atoms with Crippen LogP contribution in [0.5, 0.6) is 0 Å². The average molecular weight is 433 g/mol. The molecule has 30 heavy (non-hydrogen) atoms. The quantitative estimate of drug-likeness (QED) is 0.617. The van der Waals surface area contributed by atoms with E-state index in [9.17, 15) is 17.2 Å². The van der Waals surface area contributed by atoms with Crippen LogP contribution in [-0.4, -0.2) is 49.0 Å². The van der Waals surface area contributed by atoms with Gasteiger partial charge >= 0.3 is 0 Å². The Hall–Kier alpha value is -2.62. The lowest BCUT2D eigenvalue weighted by atomic mass is 10.1. The summed E-state index contributed by atoms with van der Waals surface area (Å²) in [6, 6.07) is 12.3. The lowest BCUT2D eigenvalue weighted by Gasteiger charge is -2.33. The zero-order valence-corrected chi connectivity index (χ0v) is 17.2. The van der Waals surface area contributed by atoms with Gasteiger partial charge in [-0.3, -0.25) is 4.90 Å². The monoisotopic (exact) mass is 433 g/mol. The van der Waals surface area contributed by atoms with E-state index in [4.69, 9.17) is 4.52 Å². The van der Waals surface area contributed by atoms with Crippen LogP contribution in [-0.2, 0) is 16.6 Å². The molecule has 2 aromatic carbocycles. The van der Waals surface area contributed by atoms with Crippen molar-refractivity contribution in [1.29, 1.82) is 0 Å². The predicted molar refractivity (Wildman–Crippen MR) is 107 cm³/mol. The second kappa shape index (κ2) is 8.25. The van der Waals surface area contributed by atoms with E-state index in [2.05, 4.69) is 5.16 Å². The molecule has 3 aromatic rings. The molecule has 0 aliphatic carbocycles. The number of aromatic nitrogens is 1. The van der Waals surface area contributed by atoms with Gasteiger partial charge < -0.3 is 4.52 Å². The van der Waals surface area contributed by atoms with Gasteiger partial charge in [0, 0.05) is 43.9 Å². The Morgan fingerprint density at radius 3 is 2.37 bits per heavy atom. The van der Waals surface area contributed by atoms with E-state index < -0.39 is 26.6 Å². The highest BCUT2D eigenvalue weighted by Crippen LogP contribution is 2.23. The first kappa shape index (κ1) is 20.6. The van der Waals surface area contributed by atoms with Gasteiger partial charge in [-0.1, -0.05) is 35.0 Å². The van der Waals surface area contributed by atoms with Gasteiger partial charge in [0.25, 0.3) is 0 Å². The van der Waals surface area contributed by atoms with Crippen LogP contribution < -0.4 is 0 Å². The highest BCUT2D eigenvalue weighted by atomic mass is 32.2. The molecule has 0 radical (unpaired) electrons. The third-order valence-corrected chi connectivity index (χ3v) is 7.06. The Kier molecular flexibility index (Phi) is 5.68. The number of piperazine rings is 1. The van der Waals surface area contributed by atoms with E-state index in [-0.39, 0.29) is 13.1 Å². The largest absolute Gasteiger partial charge is 0.359 e. The van der Waals surface area contributed by atoms with Crippen LogP contribution in [0, 0.1) is 18.6 Å². The topological polar surface area (TPSA) is 66.7 Å². The van der Waals surface area contributed by atoms with Crippen molar-refractivity contribution in [1.82, 2.24) is 14.4 Å². The summed E-state index contributed by atoms with van der Waals surface area (Å²) in [5.41, 5.74) is 2.88. The van der Waals surface area contributed by atoms with Crippen molar-refractivity contribution >= 4 is 10.0 Å². The first-order valence-corrected chi connectivity index (χ1v) is 11.0. The normalized spacial score (nSPS) is 16.1. The Balaban J connectivity index is 1.38. The molecular formula is C21H21F2N3O3S. The number of nitrogens with zero attached hydrogens (tertiary/aromatic N) is 3. The lowest BCUT2D eigenvalue weighted by Crippen LogP contribution is -2.48. The second-order valence-electron chi connectivity index (χ2n) is 7.30. The van der Waals surface area contributed by atoms with Crippen LogP contribution in [0.15, 0.2) is 57.9 Å². The van der Waals surface area contributed by atoms with Crippen LogP contribution >= 0.6 is 0 Å². The summed E-state index contributed by atoms with van der Waals surface area (Å²) in [5.74, 6) is -1.21. The third-order valence-electron chi connectivity index (χ3n) is 5.13. The predicted octanol–water partition coefficient (Wildman–Crippen LogP) is 3.43. The molecule has 2 heterocycles. The average Bonchev–Trinajstić information content (AvgIpc) is 3.17. The van der Waals surface area contributed by atoms with Crippen molar-refractivity contribution in [2.24, 2.45) is 0 Å². The summed E-state index contributed by atoms with van der Waals surface area (Å²) < 4.78 is 59.1. The minimum Gasteiger partial charge on any atom is -0.359 e. The van der Waals surface area contributed by atoms with E-state index in [0.29, 0.717) is 31.5 Å². The first-order valence-electron chi connectivity index (χ1n) is 9.53. The maximum atomic E-state index is 14.0. The van der Waals surface area contributed by atoms with E-state index in [1.807, 2.05) is 42.2 Å². The minimum absolute atomic E-state index is 0.206. The minimum atomic E-state index is -4.01. The van der Waals surface area contributed by atoms with Crippen LogP contribution in [0.1, 0.15) is 11.3 Å². The van der Waals surface area contributed by atoms with E-state index in [1.54, 1.807) is 0 Å². The number of hydrogen-bond acceptors (Lipinski definition) is 5. The highest BCUT2D eigenvalue weighted by molar-refractivity contribution is 7.89. The van der Waals surface area contributed by atoms with Crippen molar-refractivity contribution in [2.45, 2.75) is 18.4 Å². The summed E-state index contributed by atoms with van der Waals surface area (Å²) >= 11 is 0. The van der Waals surface area contributed by atoms with Crippen molar-refractivity contribution in [2.75, 3.05) is 26.2 Å². The van der Waals surface area contributed by atoms with Crippen LogP contribution in [0.2, 0.25) is 0 Å². The lowest BCUT2D eigenvalue weighted by molar-refractivity contribution is 0.166. The number of halogens is 2. The standard InChI is InChI=1S/C21H21F2N3O3S/c1-15-2-4-16(5-3-15)20-13-18(29-24-20)14-25-8-10-26(11-9-25)30(27,28)21-7-6-17(22)12-19(21)23/h2-7,12-13H,8-11,14H2,1H3. The van der Waals surface area contributed by atoms with Crippen LogP contribution in [0.4, 0.5) is 8.78 Å². The molecule has 9 heteroatoms. The third kappa shape index (κ3) is 4.28. The van der Waals surface area contributed by atoms with E-state index in [1.165, 1.54) is 4.31 Å². The SMILES string of the molecule is Cc1ccc(-c2cc(CN3CCN(S(=O)(=O)c4ccc(F)cc4F)CC3)on2)cc1. The van der Waals surface area contributed by atoms with Gasteiger partial charge in [-0.05, 0) is 19.1 Å². The first-order chi connectivity index (χ1) is 14.3. The van der Waals surface area contributed by atoms with Gasteiger partial charge in [0.05, 0.1) is 6.54 Å². The molecule has 1 aliphatic heterocycles. The molecule has 4 rings (SSSR count). The number of hydrogen-bond donors (Lipinski definition) is 0. The number of sulfonamides is 1. The van der Waals surface area contributed by atoms with Gasteiger partial charge in [0.1, 0.15) is 22.2 Å². The van der Waals surface area contributed by atoms with Gasteiger partial charge in [-0.2, -0.15) is 4.31 Å². The molecular weight excluding hydrogens is 412 g/mol. The van der Waals surface area contributed by atoms with Gasteiger partial charge in [0.15, 0.2) is 5.76 Å². The summed E-state index contributed by atoms with van der Waals surface area (Å²) in [6.45, 7) is 3.85. The van der Waals surface area contributed by atoms with Crippen molar-refractivity contribution < 1.29 is 21.7 Å². The zero-order valence-electron chi connectivity index (χ0n) is 16.4. The maximum absolute atomic E-state index is 14.0. The van der Waals surface area contributed by atoms with Crippen LogP contribution in [0.3, 0.4) is 0 Å². The molecule has 0 spiro atoms. The molecule has 1 saturated heterocycles. The number of rotatable bonds is 5. The van der Waals surface area contributed by atoms with E-state index >= 15 is 0 Å². The summed E-state index contributed by atoms with van der Waals surface area (Å²) in [7, 11) is -4.01. The molecule has 0 unspecified atom stereocenters. The smallest absolute Gasteiger partial charge is 0.246 e. The van der Waals surface area contributed by atoms with E-state index in [0.717, 1.165) is 29.0 Å². The Bertz CT molecular complexity index is 1140. The Morgan fingerprint density at radius 2 is 1.70 bits per heavy atom. The molecule has 1 aromatic heterocycles. The molecule has 0 N–H and O–H groups in total. The molecule has 1 aliphatic rings. The molecule has 1 fully saturated rings. The molecule has 0 atom stereocenters. The maximum Gasteiger partial charge on any atom is 0.246 e. The molecule has 0 amide bonds. The molecule has 0 saturated carbocycles. The fourth-order valence-electron chi connectivity index (χ4n) is 3.42. The van der Waals surface area contributed by atoms with Gasteiger partial charge in [-0.15, -0.1) is 0 Å². The fraction of sp³-hybridized carbons (Fsp3) is 0.286. The Labute approximate surface area is 173 Å². The van der Waals surface area contributed by atoms with Gasteiger partial charge in [-0.25, -0.2) is 17.2 Å². The number of aryl methyl sites for hydroxylation is 1. The molecule has 6 nitrogen and oxygen atoms in total. The summed E-state index contributed by atoms with van der Waals surface area (Å²) in [4.78, 5) is 1.54. The van der Waals surface area contributed by atoms with Crippen molar-refractivity contribution in [3.8, 4) is 11.3 Å². The number of benzene rings is 2. The highest BCUT2D eigenvalue weighted by Gasteiger charge is 2.31. The van der Waals surface area contributed by atoms with Crippen molar-refractivity contribution in [3.05, 3.63) is 71.5 Å². The van der Waals surface area contributed by atoms with Gasteiger partial charge in [0.2, 0.25) is 10.0 Å². The second-order valence-corrected chi connectivity index (χ2v) is 9.21.